The van der Waals surface area contributed by atoms with E-state index in [1.807, 2.05) is 32.9 Å². The fourth-order valence-electron chi connectivity index (χ4n) is 5.05. The van der Waals surface area contributed by atoms with Crippen LogP contribution in [0.25, 0.3) is 0 Å². The molecule has 1 fully saturated rings. The minimum atomic E-state index is -5.08. The number of guanidine groups is 1. The number of hydrogen-bond acceptors (Lipinski definition) is 6. The molecule has 2 rings (SSSR count). The SMILES string of the molecule is CC(C)(C)[C@H](NC(=O)C(Cc1ccc(C(=N)N)cc1)C1CCCCC1)C(=O)N[C@@H](CCCN=C(N)N)C(N)=O.O=C(O)C(F)(F)F. The molecule has 0 radical (unpaired) electrons. The largest absolute Gasteiger partial charge is 0.490 e. The molecule has 13 nitrogen and oxygen atoms in total. The number of primary amides is 1. The first kappa shape index (κ1) is 39.7. The van der Waals surface area contributed by atoms with E-state index in [4.69, 9.17) is 38.2 Å². The summed E-state index contributed by atoms with van der Waals surface area (Å²) in [7, 11) is 0. The third-order valence-corrected chi connectivity index (χ3v) is 7.54. The van der Waals surface area contributed by atoms with E-state index in [0.29, 0.717) is 24.9 Å². The summed E-state index contributed by atoms with van der Waals surface area (Å²) in [5.41, 5.74) is 22.8. The maximum atomic E-state index is 13.8. The molecule has 46 heavy (non-hydrogen) atoms. The molecule has 1 aliphatic rings. The maximum Gasteiger partial charge on any atom is 0.490 e. The van der Waals surface area contributed by atoms with Crippen LogP contribution in [-0.4, -0.2) is 65.4 Å². The number of benzene rings is 1. The predicted molar refractivity (Wildman–Crippen MR) is 167 cm³/mol. The third-order valence-electron chi connectivity index (χ3n) is 7.54. The summed E-state index contributed by atoms with van der Waals surface area (Å²) >= 11 is 0. The molecule has 0 aromatic heterocycles. The van der Waals surface area contributed by atoms with Gasteiger partial charge in [-0.2, -0.15) is 13.2 Å². The van der Waals surface area contributed by atoms with Gasteiger partial charge in [-0.15, -0.1) is 0 Å². The van der Waals surface area contributed by atoms with Gasteiger partial charge >= 0.3 is 12.1 Å². The van der Waals surface area contributed by atoms with Crippen molar-refractivity contribution in [3.05, 3.63) is 35.4 Å². The lowest BCUT2D eigenvalue weighted by Crippen LogP contribution is -2.58. The number of carboxylic acid groups (broad SMARTS) is 1. The van der Waals surface area contributed by atoms with E-state index in [1.165, 1.54) is 0 Å². The Morgan fingerprint density at radius 2 is 1.50 bits per heavy atom. The summed E-state index contributed by atoms with van der Waals surface area (Å²) in [6.07, 6.45) is 1.35. The van der Waals surface area contributed by atoms with Crippen molar-refractivity contribution in [3.8, 4) is 0 Å². The van der Waals surface area contributed by atoms with Crippen molar-refractivity contribution in [1.29, 1.82) is 5.41 Å². The Bertz CT molecular complexity index is 1220. The van der Waals surface area contributed by atoms with E-state index in [0.717, 1.165) is 37.7 Å². The molecule has 1 aliphatic carbocycles. The normalized spacial score (nSPS) is 15.6. The Morgan fingerprint density at radius 1 is 0.957 bits per heavy atom. The van der Waals surface area contributed by atoms with Crippen molar-refractivity contribution in [2.24, 2.45) is 45.2 Å². The van der Waals surface area contributed by atoms with E-state index in [2.05, 4.69) is 15.6 Å². The van der Waals surface area contributed by atoms with E-state index >= 15 is 0 Å². The van der Waals surface area contributed by atoms with Gasteiger partial charge in [0.2, 0.25) is 17.7 Å². The molecule has 258 valence electrons. The molecule has 1 aromatic carbocycles. The fourth-order valence-corrected chi connectivity index (χ4v) is 5.05. The van der Waals surface area contributed by atoms with Crippen LogP contribution in [0.2, 0.25) is 0 Å². The number of hydrogen-bond donors (Lipinski definition) is 8. The van der Waals surface area contributed by atoms with E-state index in [-0.39, 0.29) is 36.0 Å². The number of aliphatic carboxylic acids is 1. The summed E-state index contributed by atoms with van der Waals surface area (Å²) in [6, 6.07) is 5.57. The number of carboxylic acids is 1. The van der Waals surface area contributed by atoms with Crippen LogP contribution in [0.5, 0.6) is 0 Å². The molecule has 0 aliphatic heterocycles. The molecular formula is C30H47F3N8O5. The van der Waals surface area contributed by atoms with Crippen molar-refractivity contribution >= 4 is 35.5 Å². The number of nitrogen functional groups attached to an aromatic ring is 1. The number of carbonyl (C=O) groups excluding carboxylic acids is 3. The maximum absolute atomic E-state index is 13.8. The number of rotatable bonds is 13. The van der Waals surface area contributed by atoms with Gasteiger partial charge in [0, 0.05) is 18.0 Å². The highest BCUT2D eigenvalue weighted by molar-refractivity contribution is 5.95. The second-order valence-corrected chi connectivity index (χ2v) is 12.3. The number of halogens is 3. The monoisotopic (exact) mass is 656 g/mol. The number of carbonyl (C=O) groups is 4. The van der Waals surface area contributed by atoms with Crippen LogP contribution in [-0.2, 0) is 25.6 Å². The lowest BCUT2D eigenvalue weighted by molar-refractivity contribution is -0.192. The lowest BCUT2D eigenvalue weighted by atomic mass is 9.76. The van der Waals surface area contributed by atoms with Gasteiger partial charge in [0.1, 0.15) is 17.9 Å². The van der Waals surface area contributed by atoms with E-state index in [1.54, 1.807) is 12.1 Å². The van der Waals surface area contributed by atoms with Gasteiger partial charge in [-0.05, 0) is 49.0 Å². The first-order valence-electron chi connectivity index (χ1n) is 14.9. The molecule has 0 saturated heterocycles. The zero-order chi connectivity index (χ0) is 35.2. The number of nitrogens with zero attached hydrogens (tertiary/aromatic N) is 1. The Labute approximate surface area is 266 Å². The molecule has 1 unspecified atom stereocenters. The number of amidine groups is 1. The van der Waals surface area contributed by atoms with Crippen LogP contribution in [0.3, 0.4) is 0 Å². The van der Waals surface area contributed by atoms with Crippen molar-refractivity contribution in [1.82, 2.24) is 10.6 Å². The van der Waals surface area contributed by atoms with Gasteiger partial charge in [-0.25, -0.2) is 4.79 Å². The highest BCUT2D eigenvalue weighted by Crippen LogP contribution is 2.33. The van der Waals surface area contributed by atoms with Crippen LogP contribution in [0.1, 0.15) is 76.8 Å². The first-order chi connectivity index (χ1) is 21.2. The first-order valence-corrected chi connectivity index (χ1v) is 14.9. The van der Waals surface area contributed by atoms with Crippen LogP contribution in [0, 0.1) is 22.7 Å². The van der Waals surface area contributed by atoms with Crippen LogP contribution < -0.4 is 33.6 Å². The van der Waals surface area contributed by atoms with Crippen molar-refractivity contribution < 1.29 is 37.5 Å². The Morgan fingerprint density at radius 3 is 1.93 bits per heavy atom. The van der Waals surface area contributed by atoms with Crippen molar-refractivity contribution in [3.63, 3.8) is 0 Å². The third kappa shape index (κ3) is 14.2. The van der Waals surface area contributed by atoms with E-state index in [9.17, 15) is 27.6 Å². The van der Waals surface area contributed by atoms with Crippen molar-refractivity contribution in [2.75, 3.05) is 6.54 Å². The average molecular weight is 657 g/mol. The minimum absolute atomic E-state index is 0.00680. The van der Waals surface area contributed by atoms with Gasteiger partial charge in [0.25, 0.3) is 0 Å². The molecule has 12 N–H and O–H groups in total. The van der Waals surface area contributed by atoms with Crippen LogP contribution >= 0.6 is 0 Å². The Kier molecular flexibility index (Phi) is 15.5. The number of nitrogens with one attached hydrogen (secondary N) is 3. The number of nitrogens with two attached hydrogens (primary N) is 4. The standard InChI is InChI=1S/C28H46N8O3.C2HF3O2/c1-28(2,3)22(26(39)35-21(24(31)37)10-7-15-34-27(32)33)36-25(38)20(18-8-5-4-6-9-18)16-17-11-13-19(14-12-17)23(29)30;3-2(4,5)1(6)7/h11-14,18,20-22H,4-10,15-16H2,1-3H3,(H3,29,30)(H2,31,37)(H,35,39)(H,36,38)(H4,32,33,34);(H,6,7)/t20?,21-,22+;/m0./s1. The lowest BCUT2D eigenvalue weighted by Gasteiger charge is -2.35. The van der Waals surface area contributed by atoms with Gasteiger partial charge in [-0.3, -0.25) is 24.8 Å². The zero-order valence-corrected chi connectivity index (χ0v) is 26.5. The van der Waals surface area contributed by atoms with Crippen molar-refractivity contribution in [2.45, 2.75) is 90.4 Å². The molecule has 1 aromatic rings. The molecule has 3 amide bonds. The van der Waals surface area contributed by atoms with Crippen LogP contribution in [0.4, 0.5) is 13.2 Å². The number of amides is 3. The summed E-state index contributed by atoms with van der Waals surface area (Å²) in [5, 5.41) is 20.5. The molecule has 0 bridgehead atoms. The summed E-state index contributed by atoms with van der Waals surface area (Å²) in [6.45, 7) is 5.90. The Hall–Kier alpha value is -4.37. The fraction of sp³-hybridized carbons (Fsp3) is 0.600. The topological polar surface area (TPSA) is 253 Å². The molecule has 0 heterocycles. The highest BCUT2D eigenvalue weighted by atomic mass is 19.4. The molecule has 16 heteroatoms. The molecular weight excluding hydrogens is 609 g/mol. The van der Waals surface area contributed by atoms with Crippen LogP contribution in [0.15, 0.2) is 29.3 Å². The average Bonchev–Trinajstić information content (AvgIpc) is 2.95. The Balaban J connectivity index is 0.00000135. The number of alkyl halides is 3. The predicted octanol–water partition coefficient (Wildman–Crippen LogP) is 1.90. The highest BCUT2D eigenvalue weighted by Gasteiger charge is 2.39. The number of aliphatic imine (C=N–C) groups is 1. The smallest absolute Gasteiger partial charge is 0.475 e. The zero-order valence-electron chi connectivity index (χ0n) is 26.5. The van der Waals surface area contributed by atoms with Gasteiger partial charge in [0.15, 0.2) is 5.96 Å². The van der Waals surface area contributed by atoms with E-state index < -0.39 is 41.5 Å². The summed E-state index contributed by atoms with van der Waals surface area (Å²) in [5.74, 6) is -4.25. The minimum Gasteiger partial charge on any atom is -0.475 e. The molecule has 3 atom stereocenters. The quantitative estimate of drug-likeness (QED) is 0.0882. The summed E-state index contributed by atoms with van der Waals surface area (Å²) in [4.78, 5) is 52.1. The molecule has 0 spiro atoms. The molecule has 1 saturated carbocycles. The van der Waals surface area contributed by atoms with Gasteiger partial charge in [0.05, 0.1) is 0 Å². The van der Waals surface area contributed by atoms with Gasteiger partial charge in [-0.1, -0.05) is 64.3 Å². The second-order valence-electron chi connectivity index (χ2n) is 12.3. The van der Waals surface area contributed by atoms with Gasteiger partial charge < -0.3 is 38.7 Å². The second kappa shape index (κ2) is 17.9. The summed E-state index contributed by atoms with van der Waals surface area (Å²) < 4.78 is 31.7.